The van der Waals surface area contributed by atoms with Crippen molar-refractivity contribution in [3.8, 4) is 0 Å². The molecule has 1 rings (SSSR count). The molecule has 18 heavy (non-hydrogen) atoms. The van der Waals surface area contributed by atoms with Crippen LogP contribution in [-0.4, -0.2) is 16.9 Å². The van der Waals surface area contributed by atoms with Crippen molar-refractivity contribution in [2.24, 2.45) is 0 Å². The smallest absolute Gasteiger partial charge is 0.285 e. The van der Waals surface area contributed by atoms with Crippen molar-refractivity contribution >= 4 is 11.6 Å². The third-order valence-electron chi connectivity index (χ3n) is 2.76. The highest BCUT2D eigenvalue weighted by molar-refractivity contribution is 5.98. The molecule has 0 bridgehead atoms. The van der Waals surface area contributed by atoms with Gasteiger partial charge in [-0.05, 0) is 26.3 Å². The molecule has 0 radical (unpaired) electrons. The van der Waals surface area contributed by atoms with Gasteiger partial charge in [0.25, 0.3) is 11.6 Å². The maximum atomic E-state index is 12.0. The second kappa shape index (κ2) is 6.14. The molecule has 1 aromatic rings. The zero-order chi connectivity index (χ0) is 13.7. The van der Waals surface area contributed by atoms with E-state index in [0.29, 0.717) is 5.56 Å². The molecule has 0 saturated heterocycles. The Hall–Kier alpha value is -1.91. The van der Waals surface area contributed by atoms with E-state index in [9.17, 15) is 14.9 Å². The van der Waals surface area contributed by atoms with Gasteiger partial charge in [-0.3, -0.25) is 14.9 Å². The summed E-state index contributed by atoms with van der Waals surface area (Å²) in [6, 6.07) is 4.79. The molecule has 1 N–H and O–H groups in total. The number of rotatable bonds is 5. The van der Waals surface area contributed by atoms with Crippen molar-refractivity contribution in [2.45, 2.75) is 39.7 Å². The minimum absolute atomic E-state index is 0.0163. The molecule has 5 nitrogen and oxygen atoms in total. The Bertz CT molecular complexity index is 458. The molecule has 1 amide bonds. The Kier molecular flexibility index (Phi) is 4.83. The van der Waals surface area contributed by atoms with E-state index in [2.05, 4.69) is 5.32 Å². The summed E-state index contributed by atoms with van der Waals surface area (Å²) in [5.41, 5.74) is 0.512. The Labute approximate surface area is 106 Å². The van der Waals surface area contributed by atoms with Crippen LogP contribution in [0.5, 0.6) is 0 Å². The zero-order valence-corrected chi connectivity index (χ0v) is 10.9. The number of benzene rings is 1. The average Bonchev–Trinajstić information content (AvgIpc) is 2.28. The molecular weight excluding hydrogens is 232 g/mol. The highest BCUT2D eigenvalue weighted by atomic mass is 16.6. The Morgan fingerprint density at radius 3 is 2.72 bits per heavy atom. The summed E-state index contributed by atoms with van der Waals surface area (Å²) in [6.45, 7) is 5.55. The minimum Gasteiger partial charge on any atom is -0.349 e. The van der Waals surface area contributed by atoms with Gasteiger partial charge in [-0.25, -0.2) is 0 Å². The second-order valence-corrected chi connectivity index (χ2v) is 4.39. The van der Waals surface area contributed by atoms with Gasteiger partial charge in [-0.1, -0.05) is 25.5 Å². The summed E-state index contributed by atoms with van der Waals surface area (Å²) in [7, 11) is 0. The summed E-state index contributed by atoms with van der Waals surface area (Å²) in [6.07, 6.45) is 1.81. The van der Waals surface area contributed by atoms with Crippen molar-refractivity contribution in [3.63, 3.8) is 0 Å². The van der Waals surface area contributed by atoms with Gasteiger partial charge in [-0.2, -0.15) is 0 Å². The molecule has 0 heterocycles. The number of nitrogens with one attached hydrogen (secondary N) is 1. The molecule has 98 valence electrons. The topological polar surface area (TPSA) is 72.2 Å². The minimum atomic E-state index is -0.505. The van der Waals surface area contributed by atoms with E-state index in [-0.39, 0.29) is 23.2 Å². The second-order valence-electron chi connectivity index (χ2n) is 4.39. The lowest BCUT2D eigenvalue weighted by Crippen LogP contribution is -2.32. The molecule has 0 saturated carbocycles. The number of nitro benzene ring substituents is 1. The van der Waals surface area contributed by atoms with E-state index in [1.54, 1.807) is 19.1 Å². The van der Waals surface area contributed by atoms with Crippen molar-refractivity contribution in [3.05, 3.63) is 39.4 Å². The van der Waals surface area contributed by atoms with E-state index in [1.165, 1.54) is 6.07 Å². The number of hydrogen-bond acceptors (Lipinski definition) is 3. The highest BCUT2D eigenvalue weighted by Gasteiger charge is 2.22. The molecule has 0 aliphatic carbocycles. The first-order valence-corrected chi connectivity index (χ1v) is 6.02. The molecule has 0 spiro atoms. The number of nitro groups is 1. The lowest BCUT2D eigenvalue weighted by atomic mass is 10.1. The van der Waals surface area contributed by atoms with Crippen LogP contribution in [-0.2, 0) is 0 Å². The van der Waals surface area contributed by atoms with Crippen LogP contribution in [0.4, 0.5) is 5.69 Å². The van der Waals surface area contributed by atoms with Crippen LogP contribution >= 0.6 is 0 Å². The molecule has 0 fully saturated rings. The van der Waals surface area contributed by atoms with Gasteiger partial charge < -0.3 is 5.32 Å². The number of hydrogen-bond donors (Lipinski definition) is 1. The van der Waals surface area contributed by atoms with Gasteiger partial charge in [0.2, 0.25) is 0 Å². The summed E-state index contributed by atoms with van der Waals surface area (Å²) in [4.78, 5) is 22.5. The van der Waals surface area contributed by atoms with E-state index in [1.807, 2.05) is 13.8 Å². The number of amides is 1. The van der Waals surface area contributed by atoms with Crippen LogP contribution < -0.4 is 5.32 Å². The molecule has 0 aliphatic rings. The number of para-hydroxylation sites is 1. The fourth-order valence-electron chi connectivity index (χ4n) is 1.89. The van der Waals surface area contributed by atoms with Gasteiger partial charge in [0.15, 0.2) is 0 Å². The van der Waals surface area contributed by atoms with E-state index < -0.39 is 4.92 Å². The van der Waals surface area contributed by atoms with E-state index >= 15 is 0 Å². The predicted molar refractivity (Wildman–Crippen MR) is 69.7 cm³/mol. The Morgan fingerprint density at radius 1 is 1.50 bits per heavy atom. The summed E-state index contributed by atoms with van der Waals surface area (Å²) >= 11 is 0. The van der Waals surface area contributed by atoms with E-state index in [4.69, 9.17) is 0 Å². The monoisotopic (exact) mass is 250 g/mol. The lowest BCUT2D eigenvalue weighted by Gasteiger charge is -2.13. The van der Waals surface area contributed by atoms with Crippen molar-refractivity contribution in [1.29, 1.82) is 0 Å². The molecule has 0 aromatic heterocycles. The summed E-state index contributed by atoms with van der Waals surface area (Å²) in [5.74, 6) is -0.383. The van der Waals surface area contributed by atoms with E-state index in [0.717, 1.165) is 12.8 Å². The van der Waals surface area contributed by atoms with Crippen molar-refractivity contribution in [2.75, 3.05) is 0 Å². The fraction of sp³-hybridized carbons (Fsp3) is 0.462. The SMILES string of the molecule is CCC[C@H](C)NC(=O)c1cccc(C)c1[N+](=O)[O-]. The van der Waals surface area contributed by atoms with Crippen LogP contribution in [0.1, 0.15) is 42.6 Å². The molecule has 5 heteroatoms. The standard InChI is InChI=1S/C13H18N2O3/c1-4-6-10(3)14-13(16)11-8-5-7-9(2)12(11)15(17)18/h5,7-8,10H,4,6H2,1-3H3,(H,14,16)/t10-/m0/s1. The highest BCUT2D eigenvalue weighted by Crippen LogP contribution is 2.23. The lowest BCUT2D eigenvalue weighted by molar-refractivity contribution is -0.385. The van der Waals surface area contributed by atoms with Crippen LogP contribution in [0, 0.1) is 17.0 Å². The van der Waals surface area contributed by atoms with Crippen LogP contribution in [0.15, 0.2) is 18.2 Å². The fourth-order valence-corrected chi connectivity index (χ4v) is 1.89. The molecular formula is C13H18N2O3. The number of nitrogens with zero attached hydrogens (tertiary/aromatic N) is 1. The van der Waals surface area contributed by atoms with Crippen LogP contribution in [0.25, 0.3) is 0 Å². The average molecular weight is 250 g/mol. The molecule has 0 unspecified atom stereocenters. The molecule has 1 aromatic carbocycles. The first kappa shape index (κ1) is 14.2. The normalized spacial score (nSPS) is 11.9. The van der Waals surface area contributed by atoms with Crippen LogP contribution in [0.2, 0.25) is 0 Å². The molecule has 0 aliphatic heterocycles. The van der Waals surface area contributed by atoms with Crippen LogP contribution in [0.3, 0.4) is 0 Å². The van der Waals surface area contributed by atoms with Gasteiger partial charge in [-0.15, -0.1) is 0 Å². The quantitative estimate of drug-likeness (QED) is 0.645. The number of carbonyl (C=O) groups is 1. The van der Waals surface area contributed by atoms with Gasteiger partial charge in [0.05, 0.1) is 4.92 Å². The number of aryl methyl sites for hydroxylation is 1. The summed E-state index contributed by atoms with van der Waals surface area (Å²) < 4.78 is 0. The zero-order valence-electron chi connectivity index (χ0n) is 10.9. The number of carbonyl (C=O) groups excluding carboxylic acids is 1. The van der Waals surface area contributed by atoms with Crippen molar-refractivity contribution in [1.82, 2.24) is 5.32 Å². The maximum absolute atomic E-state index is 12.0. The third-order valence-corrected chi connectivity index (χ3v) is 2.76. The maximum Gasteiger partial charge on any atom is 0.285 e. The first-order valence-electron chi connectivity index (χ1n) is 6.02. The van der Waals surface area contributed by atoms with Gasteiger partial charge >= 0.3 is 0 Å². The van der Waals surface area contributed by atoms with Gasteiger partial charge in [0, 0.05) is 11.6 Å². The van der Waals surface area contributed by atoms with Crippen molar-refractivity contribution < 1.29 is 9.72 Å². The van der Waals surface area contributed by atoms with Gasteiger partial charge in [0.1, 0.15) is 5.56 Å². The Balaban J connectivity index is 2.99. The molecule has 1 atom stereocenters. The summed E-state index contributed by atoms with van der Waals surface area (Å²) in [5, 5.41) is 13.8. The predicted octanol–water partition coefficient (Wildman–Crippen LogP) is 2.82. The largest absolute Gasteiger partial charge is 0.349 e. The first-order chi connectivity index (χ1) is 8.47. The Morgan fingerprint density at radius 2 is 2.17 bits per heavy atom. The third kappa shape index (κ3) is 3.29.